The Balaban J connectivity index is 1.50. The Morgan fingerprint density at radius 3 is 2.24 bits per heavy atom. The SMILES string of the molecule is CCCC(=O)O[C@@H]1CC[C@@]2(C)C(CC[C@]3(C)C2CC=C2C4[C@@H](C)[C@H](C)CC[C@]4(C(=O)CCC(C)=O)CC[C@]23C)C1(C)C. The Labute approximate surface area is 256 Å². The first-order valence-electron chi connectivity index (χ1n) is 17.5. The molecule has 5 rings (SSSR count). The Morgan fingerprint density at radius 1 is 0.857 bits per heavy atom. The third-order valence-corrected chi connectivity index (χ3v) is 14.9. The van der Waals surface area contributed by atoms with E-state index in [9.17, 15) is 14.4 Å². The molecule has 0 radical (unpaired) electrons. The molecule has 10 atom stereocenters. The fourth-order valence-corrected chi connectivity index (χ4v) is 12.1. The average molecular weight is 581 g/mol. The van der Waals surface area contributed by atoms with Crippen LogP contribution >= 0.6 is 0 Å². The van der Waals surface area contributed by atoms with Gasteiger partial charge in [0.1, 0.15) is 17.7 Å². The maximum Gasteiger partial charge on any atom is 0.306 e. The third kappa shape index (κ3) is 4.53. The van der Waals surface area contributed by atoms with E-state index in [1.165, 1.54) is 12.8 Å². The molecule has 4 fully saturated rings. The van der Waals surface area contributed by atoms with Crippen LogP contribution in [0.25, 0.3) is 0 Å². The molecular formula is C38H60O4. The molecule has 0 aliphatic heterocycles. The summed E-state index contributed by atoms with van der Waals surface area (Å²) in [5.74, 6) is 2.96. The smallest absolute Gasteiger partial charge is 0.306 e. The molecule has 5 aliphatic rings. The van der Waals surface area contributed by atoms with Crippen LogP contribution in [0, 0.1) is 56.7 Å². The van der Waals surface area contributed by atoms with Gasteiger partial charge in [0.15, 0.2) is 0 Å². The van der Waals surface area contributed by atoms with Crippen LogP contribution in [-0.4, -0.2) is 23.6 Å². The van der Waals surface area contributed by atoms with Gasteiger partial charge in [-0.2, -0.15) is 0 Å². The highest BCUT2D eigenvalue weighted by molar-refractivity contribution is 5.89. The van der Waals surface area contributed by atoms with Gasteiger partial charge in [0.2, 0.25) is 0 Å². The van der Waals surface area contributed by atoms with Crippen LogP contribution in [0.1, 0.15) is 146 Å². The van der Waals surface area contributed by atoms with Crippen molar-refractivity contribution < 1.29 is 19.1 Å². The molecule has 0 amide bonds. The molecule has 0 aromatic heterocycles. The van der Waals surface area contributed by atoms with Gasteiger partial charge in [-0.15, -0.1) is 0 Å². The van der Waals surface area contributed by atoms with Gasteiger partial charge in [0.25, 0.3) is 0 Å². The normalized spacial score (nSPS) is 45.8. The van der Waals surface area contributed by atoms with Crippen molar-refractivity contribution in [2.45, 2.75) is 152 Å². The molecule has 4 nitrogen and oxygen atoms in total. The van der Waals surface area contributed by atoms with Gasteiger partial charge in [-0.1, -0.05) is 67.0 Å². The molecule has 3 unspecified atom stereocenters. The summed E-state index contributed by atoms with van der Waals surface area (Å²) in [5.41, 5.74) is 1.73. The number of ether oxygens (including phenoxy) is 1. The van der Waals surface area contributed by atoms with Crippen molar-refractivity contribution in [2.75, 3.05) is 0 Å². The van der Waals surface area contributed by atoms with E-state index >= 15 is 0 Å². The minimum absolute atomic E-state index is 0.00477. The second kappa shape index (κ2) is 10.9. The van der Waals surface area contributed by atoms with Gasteiger partial charge in [0, 0.05) is 30.1 Å². The van der Waals surface area contributed by atoms with Gasteiger partial charge < -0.3 is 9.53 Å². The molecular weight excluding hydrogens is 520 g/mol. The Kier molecular flexibility index (Phi) is 8.27. The van der Waals surface area contributed by atoms with E-state index in [4.69, 9.17) is 4.74 Å². The van der Waals surface area contributed by atoms with E-state index in [1.807, 2.05) is 6.92 Å². The molecule has 42 heavy (non-hydrogen) atoms. The van der Waals surface area contributed by atoms with Gasteiger partial charge in [-0.25, -0.2) is 0 Å². The quantitative estimate of drug-likeness (QED) is 0.222. The monoisotopic (exact) mass is 580 g/mol. The fourth-order valence-electron chi connectivity index (χ4n) is 12.1. The summed E-state index contributed by atoms with van der Waals surface area (Å²) in [7, 11) is 0. The summed E-state index contributed by atoms with van der Waals surface area (Å²) in [4.78, 5) is 38.5. The van der Waals surface area contributed by atoms with E-state index in [1.54, 1.807) is 12.5 Å². The van der Waals surface area contributed by atoms with Crippen molar-refractivity contribution in [1.82, 2.24) is 0 Å². The van der Waals surface area contributed by atoms with Crippen LogP contribution in [0.5, 0.6) is 0 Å². The number of hydrogen-bond acceptors (Lipinski definition) is 4. The summed E-state index contributed by atoms with van der Waals surface area (Å²) >= 11 is 0. The van der Waals surface area contributed by atoms with E-state index in [0.29, 0.717) is 54.6 Å². The van der Waals surface area contributed by atoms with Gasteiger partial charge in [-0.3, -0.25) is 9.59 Å². The van der Waals surface area contributed by atoms with Crippen LogP contribution in [0.2, 0.25) is 0 Å². The lowest BCUT2D eigenvalue weighted by molar-refractivity contribution is -0.213. The second-order valence-electron chi connectivity index (χ2n) is 17.0. The van der Waals surface area contributed by atoms with Gasteiger partial charge in [-0.05, 0) is 117 Å². The molecule has 0 aromatic rings. The zero-order valence-electron chi connectivity index (χ0n) is 28.4. The first kappa shape index (κ1) is 32.0. The summed E-state index contributed by atoms with van der Waals surface area (Å²) < 4.78 is 6.15. The lowest BCUT2D eigenvalue weighted by Crippen LogP contribution is -2.65. The van der Waals surface area contributed by atoms with Gasteiger partial charge >= 0.3 is 5.97 Å². The van der Waals surface area contributed by atoms with Crippen molar-refractivity contribution in [3.63, 3.8) is 0 Å². The molecule has 0 N–H and O–H groups in total. The first-order chi connectivity index (χ1) is 19.6. The number of Topliss-reactive ketones (excluding diaryl/α,β-unsaturated/α-hetero) is 2. The maximum absolute atomic E-state index is 14.1. The number of esters is 1. The highest BCUT2D eigenvalue weighted by Gasteiger charge is 2.69. The zero-order valence-corrected chi connectivity index (χ0v) is 28.4. The average Bonchev–Trinajstić information content (AvgIpc) is 2.91. The lowest BCUT2D eigenvalue weighted by atomic mass is 9.33. The maximum atomic E-state index is 14.1. The Bertz CT molecular complexity index is 1130. The first-order valence-corrected chi connectivity index (χ1v) is 17.5. The second-order valence-corrected chi connectivity index (χ2v) is 17.0. The Hall–Kier alpha value is -1.45. The standard InChI is InChI=1S/C38H60O4/c1-10-11-32(41)42-31-18-19-35(7)28(34(31,5)6)17-20-37(9)29(35)14-13-27-33-26(4)24(2)16-21-38(33,23-22-36(27,37)8)30(40)15-12-25(3)39/h13,24,26,28-29,31,33H,10-12,14-23H2,1-9H3/t24-,26+,28?,29?,31-,33?,35+,36-,37-,38-/m1/s1. The number of allylic oxidation sites excluding steroid dienone is 2. The van der Waals surface area contributed by atoms with E-state index in [2.05, 4.69) is 54.5 Å². The van der Waals surface area contributed by atoms with Crippen LogP contribution in [0.4, 0.5) is 0 Å². The molecule has 5 aliphatic carbocycles. The van der Waals surface area contributed by atoms with Crippen molar-refractivity contribution in [2.24, 2.45) is 56.7 Å². The highest BCUT2D eigenvalue weighted by atomic mass is 16.5. The number of rotatable bonds is 7. The largest absolute Gasteiger partial charge is 0.462 e. The van der Waals surface area contributed by atoms with Crippen LogP contribution in [0.15, 0.2) is 11.6 Å². The summed E-state index contributed by atoms with van der Waals surface area (Å²) in [6.07, 6.45) is 14.5. The predicted molar refractivity (Wildman–Crippen MR) is 169 cm³/mol. The van der Waals surface area contributed by atoms with Crippen LogP contribution in [0.3, 0.4) is 0 Å². The molecule has 0 heterocycles. The lowest BCUT2D eigenvalue weighted by Gasteiger charge is -2.71. The topological polar surface area (TPSA) is 60.4 Å². The molecule has 236 valence electrons. The third-order valence-electron chi connectivity index (χ3n) is 14.9. The minimum atomic E-state index is -0.292. The Morgan fingerprint density at radius 2 is 1.57 bits per heavy atom. The van der Waals surface area contributed by atoms with Crippen LogP contribution in [-0.2, 0) is 19.1 Å². The summed E-state index contributed by atoms with van der Waals surface area (Å²) in [5, 5.41) is 0. The number of carbonyl (C=O) groups is 3. The number of hydrogen-bond donors (Lipinski definition) is 0. The van der Waals surface area contributed by atoms with E-state index in [0.717, 1.165) is 51.4 Å². The van der Waals surface area contributed by atoms with Crippen molar-refractivity contribution in [3.8, 4) is 0 Å². The van der Waals surface area contributed by atoms with Gasteiger partial charge in [0.05, 0.1) is 0 Å². The summed E-state index contributed by atoms with van der Waals surface area (Å²) in [6, 6.07) is 0. The molecule has 4 heteroatoms. The van der Waals surface area contributed by atoms with Crippen molar-refractivity contribution >= 4 is 17.5 Å². The molecule has 0 bridgehead atoms. The van der Waals surface area contributed by atoms with E-state index in [-0.39, 0.29) is 44.9 Å². The minimum Gasteiger partial charge on any atom is -0.462 e. The number of carbonyl (C=O) groups excluding carboxylic acids is 3. The molecule has 0 spiro atoms. The van der Waals surface area contributed by atoms with Crippen LogP contribution < -0.4 is 0 Å². The summed E-state index contributed by atoms with van der Waals surface area (Å²) in [6.45, 7) is 21.0. The zero-order chi connectivity index (χ0) is 30.9. The van der Waals surface area contributed by atoms with E-state index < -0.39 is 0 Å². The highest BCUT2D eigenvalue weighted by Crippen LogP contribution is 2.76. The fraction of sp³-hybridized carbons (Fsp3) is 0.868. The molecule has 0 aromatic carbocycles. The predicted octanol–water partition coefficient (Wildman–Crippen LogP) is 9.29. The number of fused-ring (bicyclic) bond motifs is 7. The number of ketones is 2. The van der Waals surface area contributed by atoms with Crippen molar-refractivity contribution in [1.29, 1.82) is 0 Å². The van der Waals surface area contributed by atoms with Crippen molar-refractivity contribution in [3.05, 3.63) is 11.6 Å². The molecule has 0 saturated heterocycles. The molecule has 4 saturated carbocycles.